The Bertz CT molecular complexity index is 704. The molecule has 0 aromatic heterocycles. The Morgan fingerprint density at radius 1 is 1.48 bits per heavy atom. The van der Waals surface area contributed by atoms with Crippen LogP contribution in [0.15, 0.2) is 27.6 Å². The summed E-state index contributed by atoms with van der Waals surface area (Å²) in [6, 6.07) is 3.07. The number of hydrogen-bond acceptors (Lipinski definition) is 4. The van der Waals surface area contributed by atoms with E-state index in [1.165, 1.54) is 12.1 Å². The van der Waals surface area contributed by atoms with Crippen LogP contribution in [0.5, 0.6) is 0 Å². The molecule has 9 heteroatoms. The monoisotopic (exact) mass is 376 g/mol. The van der Waals surface area contributed by atoms with Gasteiger partial charge in [0.2, 0.25) is 15.9 Å². The number of rotatable bonds is 3. The van der Waals surface area contributed by atoms with Gasteiger partial charge in [-0.2, -0.15) is 4.31 Å². The number of nitrogens with zero attached hydrogens (tertiary/aromatic N) is 1. The highest BCUT2D eigenvalue weighted by molar-refractivity contribution is 9.10. The molecule has 2 N–H and O–H groups in total. The number of nitrogens with one attached hydrogen (secondary N) is 1. The van der Waals surface area contributed by atoms with Gasteiger partial charge in [-0.1, -0.05) is 15.9 Å². The fourth-order valence-corrected chi connectivity index (χ4v) is 3.87. The quantitative estimate of drug-likeness (QED) is 0.790. The lowest BCUT2D eigenvalue weighted by Gasteiger charge is -2.31. The summed E-state index contributed by atoms with van der Waals surface area (Å²) >= 11 is 3.27. The zero-order valence-corrected chi connectivity index (χ0v) is 13.4. The van der Waals surface area contributed by atoms with Gasteiger partial charge in [0, 0.05) is 11.0 Å². The number of benzene rings is 1. The normalized spacial score (nSPS) is 20.1. The maximum absolute atomic E-state index is 12.6. The molecule has 1 atom stereocenters. The van der Waals surface area contributed by atoms with Gasteiger partial charge in [-0.05, 0) is 30.7 Å². The number of carboxylic acids is 1. The van der Waals surface area contributed by atoms with E-state index < -0.39 is 34.5 Å². The first-order valence-electron chi connectivity index (χ1n) is 6.01. The topological polar surface area (TPSA) is 104 Å². The van der Waals surface area contributed by atoms with Crippen LogP contribution in [0.3, 0.4) is 0 Å². The lowest BCUT2D eigenvalue weighted by molar-refractivity contribution is -0.143. The Kier molecular flexibility index (Phi) is 4.35. The maximum Gasteiger partial charge on any atom is 0.323 e. The number of hydrogen-bond donors (Lipinski definition) is 2. The molecule has 1 aromatic rings. The molecule has 0 radical (unpaired) electrons. The van der Waals surface area contributed by atoms with Crippen molar-refractivity contribution in [2.75, 3.05) is 13.1 Å². The molecule has 1 heterocycles. The minimum atomic E-state index is -4.06. The summed E-state index contributed by atoms with van der Waals surface area (Å²) in [5, 5.41) is 11.5. The second-order valence-electron chi connectivity index (χ2n) is 4.62. The minimum Gasteiger partial charge on any atom is -0.480 e. The van der Waals surface area contributed by atoms with Gasteiger partial charge < -0.3 is 10.4 Å². The fraction of sp³-hybridized carbons (Fsp3) is 0.333. The highest BCUT2D eigenvalue weighted by Crippen LogP contribution is 2.24. The number of aryl methyl sites for hydroxylation is 1. The van der Waals surface area contributed by atoms with Crippen molar-refractivity contribution in [3.8, 4) is 0 Å². The van der Waals surface area contributed by atoms with E-state index in [0.717, 1.165) is 8.78 Å². The van der Waals surface area contributed by atoms with Gasteiger partial charge in [0.15, 0.2) is 0 Å². The standard InChI is InChI=1S/C12H13BrN2O5S/c1-7-4-8(2-3-9(7)13)21(19,20)15-6-11(16)14-5-10(15)12(17)18/h2-4,10H,5-6H2,1H3,(H,14,16)(H,17,18). The van der Waals surface area contributed by atoms with Gasteiger partial charge in [0.1, 0.15) is 6.04 Å². The molecule has 21 heavy (non-hydrogen) atoms. The number of carbonyl (C=O) groups excluding carboxylic acids is 1. The van der Waals surface area contributed by atoms with Gasteiger partial charge >= 0.3 is 5.97 Å². The maximum atomic E-state index is 12.6. The molecule has 1 amide bonds. The van der Waals surface area contributed by atoms with Crippen LogP contribution in [0.4, 0.5) is 0 Å². The summed E-state index contributed by atoms with van der Waals surface area (Å²) in [5.41, 5.74) is 0.699. The van der Waals surface area contributed by atoms with Crippen LogP contribution in [0.2, 0.25) is 0 Å². The first-order valence-corrected chi connectivity index (χ1v) is 8.24. The molecular formula is C12H13BrN2O5S. The summed E-state index contributed by atoms with van der Waals surface area (Å²) in [4.78, 5) is 22.6. The van der Waals surface area contributed by atoms with Gasteiger partial charge in [-0.25, -0.2) is 8.42 Å². The molecule has 0 saturated carbocycles. The first-order chi connectivity index (χ1) is 9.73. The van der Waals surface area contributed by atoms with Crippen LogP contribution >= 0.6 is 15.9 Å². The average molecular weight is 377 g/mol. The SMILES string of the molecule is Cc1cc(S(=O)(=O)N2CC(=O)NCC2C(=O)O)ccc1Br. The van der Waals surface area contributed by atoms with Gasteiger partial charge in [0.25, 0.3) is 0 Å². The summed E-state index contributed by atoms with van der Waals surface area (Å²) in [6.07, 6.45) is 0. The molecule has 2 rings (SSSR count). The predicted molar refractivity (Wildman–Crippen MR) is 77.2 cm³/mol. The minimum absolute atomic E-state index is 0.0378. The van der Waals surface area contributed by atoms with E-state index in [1.807, 2.05) is 0 Å². The lowest BCUT2D eigenvalue weighted by Crippen LogP contribution is -2.59. The van der Waals surface area contributed by atoms with Crippen LogP contribution in [0.1, 0.15) is 5.56 Å². The molecular weight excluding hydrogens is 364 g/mol. The number of sulfonamides is 1. The summed E-state index contributed by atoms with van der Waals surface area (Å²) < 4.78 is 26.6. The van der Waals surface area contributed by atoms with Gasteiger partial charge in [-0.3, -0.25) is 9.59 Å². The highest BCUT2D eigenvalue weighted by Gasteiger charge is 2.40. The number of carbonyl (C=O) groups is 2. The zero-order chi connectivity index (χ0) is 15.8. The fourth-order valence-electron chi connectivity index (χ4n) is 2.00. The molecule has 0 aliphatic carbocycles. The molecule has 1 fully saturated rings. The van der Waals surface area contributed by atoms with E-state index in [4.69, 9.17) is 5.11 Å². The van der Waals surface area contributed by atoms with Crippen molar-refractivity contribution >= 4 is 37.8 Å². The van der Waals surface area contributed by atoms with Crippen LogP contribution in [-0.2, 0) is 19.6 Å². The van der Waals surface area contributed by atoms with E-state index in [-0.39, 0.29) is 11.4 Å². The van der Waals surface area contributed by atoms with E-state index in [2.05, 4.69) is 21.2 Å². The van der Waals surface area contributed by atoms with E-state index in [9.17, 15) is 18.0 Å². The van der Waals surface area contributed by atoms with E-state index in [1.54, 1.807) is 13.0 Å². The molecule has 1 saturated heterocycles. The van der Waals surface area contributed by atoms with Gasteiger partial charge in [-0.15, -0.1) is 0 Å². The highest BCUT2D eigenvalue weighted by atomic mass is 79.9. The van der Waals surface area contributed by atoms with Gasteiger partial charge in [0.05, 0.1) is 11.4 Å². The Balaban J connectivity index is 2.46. The van der Waals surface area contributed by atoms with Crippen molar-refractivity contribution in [1.82, 2.24) is 9.62 Å². The predicted octanol–water partition coefficient (Wildman–Crippen LogP) is 0.331. The Morgan fingerprint density at radius 3 is 2.71 bits per heavy atom. The third kappa shape index (κ3) is 3.09. The number of halogens is 1. The van der Waals surface area contributed by atoms with Crippen molar-refractivity contribution in [3.05, 3.63) is 28.2 Å². The Morgan fingerprint density at radius 2 is 2.14 bits per heavy atom. The number of piperazine rings is 1. The Hall–Kier alpha value is -1.45. The third-order valence-corrected chi connectivity index (χ3v) is 5.90. The Labute approximate surface area is 130 Å². The number of amides is 1. The number of aliphatic carboxylic acids is 1. The van der Waals surface area contributed by atoms with E-state index in [0.29, 0.717) is 5.56 Å². The zero-order valence-electron chi connectivity index (χ0n) is 11.0. The lowest BCUT2D eigenvalue weighted by atomic mass is 10.2. The molecule has 1 aliphatic heterocycles. The molecule has 0 spiro atoms. The van der Waals surface area contributed by atoms with Crippen LogP contribution in [-0.4, -0.2) is 48.8 Å². The molecule has 7 nitrogen and oxygen atoms in total. The third-order valence-electron chi connectivity index (χ3n) is 3.16. The van der Waals surface area contributed by atoms with Crippen LogP contribution < -0.4 is 5.32 Å². The summed E-state index contributed by atoms with van der Waals surface area (Å²) in [5.74, 6) is -1.82. The first kappa shape index (κ1) is 15.9. The second kappa shape index (κ2) is 5.74. The van der Waals surface area contributed by atoms with Crippen molar-refractivity contribution < 1.29 is 23.1 Å². The summed E-state index contributed by atoms with van der Waals surface area (Å²) in [7, 11) is -4.06. The molecule has 1 unspecified atom stereocenters. The molecule has 1 aromatic carbocycles. The molecule has 1 aliphatic rings. The average Bonchev–Trinajstić information content (AvgIpc) is 2.41. The van der Waals surface area contributed by atoms with Crippen molar-refractivity contribution in [2.45, 2.75) is 17.9 Å². The smallest absolute Gasteiger partial charge is 0.323 e. The van der Waals surface area contributed by atoms with Crippen LogP contribution in [0, 0.1) is 6.92 Å². The number of carboxylic acid groups (broad SMARTS) is 1. The molecule has 114 valence electrons. The largest absolute Gasteiger partial charge is 0.480 e. The van der Waals surface area contributed by atoms with Crippen molar-refractivity contribution in [2.24, 2.45) is 0 Å². The second-order valence-corrected chi connectivity index (χ2v) is 7.36. The van der Waals surface area contributed by atoms with Crippen LogP contribution in [0.25, 0.3) is 0 Å². The van der Waals surface area contributed by atoms with Crippen molar-refractivity contribution in [1.29, 1.82) is 0 Å². The summed E-state index contributed by atoms with van der Waals surface area (Å²) in [6.45, 7) is 0.970. The van der Waals surface area contributed by atoms with Crippen molar-refractivity contribution in [3.63, 3.8) is 0 Å². The molecule has 0 bridgehead atoms. The van der Waals surface area contributed by atoms with E-state index >= 15 is 0 Å².